The molecule has 1 N–H and O–H groups in total. The molecule has 1 amide bonds. The van der Waals surface area contributed by atoms with Crippen LogP contribution in [0.15, 0.2) is 29.5 Å². The van der Waals surface area contributed by atoms with Crippen LogP contribution in [0.5, 0.6) is 0 Å². The third-order valence-corrected chi connectivity index (χ3v) is 4.06. The molecule has 1 aromatic carbocycles. The molecule has 0 unspecified atom stereocenters. The van der Waals surface area contributed by atoms with Gasteiger partial charge in [0.15, 0.2) is 0 Å². The fourth-order valence-electron chi connectivity index (χ4n) is 2.34. The quantitative estimate of drug-likeness (QED) is 0.854. The number of ether oxygens (including phenoxy) is 1. The predicted molar refractivity (Wildman–Crippen MR) is 76.7 cm³/mol. The van der Waals surface area contributed by atoms with E-state index in [0.29, 0.717) is 26.9 Å². The number of methoxy groups -OCH3 is 1. The minimum atomic E-state index is -0.483. The molecule has 1 aliphatic rings. The second-order valence-corrected chi connectivity index (χ2v) is 5.26. The van der Waals surface area contributed by atoms with Crippen molar-refractivity contribution in [3.05, 3.63) is 45.1 Å². The zero-order valence-electron chi connectivity index (χ0n) is 11.0. The van der Waals surface area contributed by atoms with Crippen molar-refractivity contribution in [1.29, 1.82) is 0 Å². The van der Waals surface area contributed by atoms with Crippen LogP contribution in [0.2, 0.25) is 10.0 Å². The molecule has 1 aromatic rings. The van der Waals surface area contributed by atoms with E-state index in [4.69, 9.17) is 27.9 Å². The maximum atomic E-state index is 12.0. The van der Waals surface area contributed by atoms with Gasteiger partial charge in [0, 0.05) is 18.0 Å². The SMILES string of the molecule is COC(=O)C1=C(C)NC(=O)C[C@H]1c1cccc(Cl)c1Cl. The molecular weight excluding hydrogens is 301 g/mol. The molecule has 106 valence electrons. The Kier molecular flexibility index (Phi) is 4.35. The lowest BCUT2D eigenvalue weighted by Crippen LogP contribution is -2.34. The number of halogens is 2. The van der Waals surface area contributed by atoms with Gasteiger partial charge < -0.3 is 10.1 Å². The summed E-state index contributed by atoms with van der Waals surface area (Å²) in [5, 5.41) is 3.38. The van der Waals surface area contributed by atoms with E-state index < -0.39 is 11.9 Å². The van der Waals surface area contributed by atoms with Gasteiger partial charge in [0.25, 0.3) is 0 Å². The molecular formula is C14H13Cl2NO3. The summed E-state index contributed by atoms with van der Waals surface area (Å²) in [7, 11) is 1.30. The van der Waals surface area contributed by atoms with Crippen LogP contribution in [-0.2, 0) is 14.3 Å². The van der Waals surface area contributed by atoms with Crippen LogP contribution in [-0.4, -0.2) is 19.0 Å². The summed E-state index contributed by atoms with van der Waals surface area (Å²) in [6.07, 6.45) is 0.127. The molecule has 1 atom stereocenters. The number of esters is 1. The Labute approximate surface area is 126 Å². The summed E-state index contributed by atoms with van der Waals surface area (Å²) in [6, 6.07) is 5.15. The maximum Gasteiger partial charge on any atom is 0.336 e. The van der Waals surface area contributed by atoms with Crippen molar-refractivity contribution in [3.63, 3.8) is 0 Å². The van der Waals surface area contributed by atoms with Gasteiger partial charge in [-0.3, -0.25) is 4.79 Å². The van der Waals surface area contributed by atoms with Crippen molar-refractivity contribution in [2.45, 2.75) is 19.3 Å². The summed E-state index contributed by atoms with van der Waals surface area (Å²) in [4.78, 5) is 23.7. The predicted octanol–water partition coefficient (Wildman–Crippen LogP) is 3.04. The van der Waals surface area contributed by atoms with Crippen LogP contribution in [0.3, 0.4) is 0 Å². The molecule has 1 aliphatic heterocycles. The van der Waals surface area contributed by atoms with E-state index in [9.17, 15) is 9.59 Å². The zero-order chi connectivity index (χ0) is 14.9. The first kappa shape index (κ1) is 14.9. The van der Waals surface area contributed by atoms with Gasteiger partial charge in [-0.05, 0) is 18.6 Å². The molecule has 2 rings (SSSR count). The van der Waals surface area contributed by atoms with Crippen LogP contribution >= 0.6 is 23.2 Å². The number of nitrogens with one attached hydrogen (secondary N) is 1. The maximum absolute atomic E-state index is 12.0. The van der Waals surface area contributed by atoms with E-state index in [1.165, 1.54) is 7.11 Å². The van der Waals surface area contributed by atoms with Crippen LogP contribution in [0.4, 0.5) is 0 Å². The molecule has 0 aromatic heterocycles. The minimum Gasteiger partial charge on any atom is -0.466 e. The highest BCUT2D eigenvalue weighted by Gasteiger charge is 2.33. The summed E-state index contributed by atoms with van der Waals surface area (Å²) in [5.41, 5.74) is 1.53. The number of carbonyl (C=O) groups is 2. The van der Waals surface area contributed by atoms with Crippen LogP contribution in [0.1, 0.15) is 24.8 Å². The average molecular weight is 314 g/mol. The normalized spacial score (nSPS) is 18.8. The van der Waals surface area contributed by atoms with Gasteiger partial charge in [-0.25, -0.2) is 4.79 Å². The average Bonchev–Trinajstić information content (AvgIpc) is 2.40. The van der Waals surface area contributed by atoms with Crippen LogP contribution in [0.25, 0.3) is 0 Å². The Balaban J connectivity index is 2.57. The number of carbonyl (C=O) groups excluding carboxylic acids is 2. The van der Waals surface area contributed by atoms with E-state index in [1.54, 1.807) is 25.1 Å². The molecule has 1 heterocycles. The molecule has 6 heteroatoms. The highest BCUT2D eigenvalue weighted by Crippen LogP contribution is 2.39. The van der Waals surface area contributed by atoms with Gasteiger partial charge in [0.2, 0.25) is 5.91 Å². The van der Waals surface area contributed by atoms with Crippen molar-refractivity contribution < 1.29 is 14.3 Å². The van der Waals surface area contributed by atoms with Gasteiger partial charge in [0.1, 0.15) is 0 Å². The Morgan fingerprint density at radius 1 is 1.40 bits per heavy atom. The molecule has 0 aliphatic carbocycles. The smallest absolute Gasteiger partial charge is 0.336 e. The first-order valence-electron chi connectivity index (χ1n) is 5.98. The number of rotatable bonds is 2. The molecule has 0 bridgehead atoms. The van der Waals surface area contributed by atoms with Crippen molar-refractivity contribution in [1.82, 2.24) is 5.32 Å². The fourth-order valence-corrected chi connectivity index (χ4v) is 2.78. The molecule has 0 radical (unpaired) electrons. The Hall–Kier alpha value is -1.52. The van der Waals surface area contributed by atoms with E-state index in [0.717, 1.165) is 0 Å². The Morgan fingerprint density at radius 3 is 2.75 bits per heavy atom. The van der Waals surface area contributed by atoms with Crippen molar-refractivity contribution in [2.75, 3.05) is 7.11 Å². The van der Waals surface area contributed by atoms with Crippen molar-refractivity contribution in [2.24, 2.45) is 0 Å². The summed E-state index contributed by atoms with van der Waals surface area (Å²) >= 11 is 12.2. The fraction of sp³-hybridized carbons (Fsp3) is 0.286. The van der Waals surface area contributed by atoms with Gasteiger partial charge in [-0.1, -0.05) is 35.3 Å². The topological polar surface area (TPSA) is 55.4 Å². The number of amides is 1. The van der Waals surface area contributed by atoms with E-state index in [-0.39, 0.29) is 12.3 Å². The summed E-state index contributed by atoms with van der Waals surface area (Å²) in [5.74, 6) is -1.11. The zero-order valence-corrected chi connectivity index (χ0v) is 12.5. The standard InChI is InChI=1S/C14H13Cl2NO3/c1-7-12(14(19)20-2)9(6-11(18)17-7)8-4-3-5-10(15)13(8)16/h3-5,9H,6H2,1-2H3,(H,17,18)/t9-/m0/s1. The summed E-state index contributed by atoms with van der Waals surface area (Å²) < 4.78 is 4.79. The monoisotopic (exact) mass is 313 g/mol. The molecule has 0 spiro atoms. The van der Waals surface area contributed by atoms with Gasteiger partial charge in [0.05, 0.1) is 22.7 Å². The highest BCUT2D eigenvalue weighted by molar-refractivity contribution is 6.42. The summed E-state index contributed by atoms with van der Waals surface area (Å²) in [6.45, 7) is 1.66. The highest BCUT2D eigenvalue weighted by atomic mass is 35.5. The first-order valence-corrected chi connectivity index (χ1v) is 6.74. The van der Waals surface area contributed by atoms with Gasteiger partial charge in [-0.2, -0.15) is 0 Å². The Morgan fingerprint density at radius 2 is 2.10 bits per heavy atom. The third-order valence-electron chi connectivity index (χ3n) is 3.23. The van der Waals surface area contributed by atoms with Gasteiger partial charge in [-0.15, -0.1) is 0 Å². The number of hydrogen-bond acceptors (Lipinski definition) is 3. The van der Waals surface area contributed by atoms with E-state index in [1.807, 2.05) is 0 Å². The largest absolute Gasteiger partial charge is 0.466 e. The van der Waals surface area contributed by atoms with E-state index >= 15 is 0 Å². The molecule has 0 saturated heterocycles. The molecule has 20 heavy (non-hydrogen) atoms. The van der Waals surface area contributed by atoms with Crippen LogP contribution in [0, 0.1) is 0 Å². The van der Waals surface area contributed by atoms with Crippen molar-refractivity contribution in [3.8, 4) is 0 Å². The lowest BCUT2D eigenvalue weighted by Gasteiger charge is -2.27. The minimum absolute atomic E-state index is 0.127. The molecule has 4 nitrogen and oxygen atoms in total. The third kappa shape index (κ3) is 2.67. The van der Waals surface area contributed by atoms with Crippen molar-refractivity contribution >= 4 is 35.1 Å². The number of hydrogen-bond donors (Lipinski definition) is 1. The second kappa shape index (κ2) is 5.85. The Bertz CT molecular complexity index is 610. The van der Waals surface area contributed by atoms with Crippen LogP contribution < -0.4 is 5.32 Å². The molecule has 0 saturated carbocycles. The first-order chi connectivity index (χ1) is 9.45. The van der Waals surface area contributed by atoms with Gasteiger partial charge >= 0.3 is 5.97 Å². The molecule has 0 fully saturated rings. The number of benzene rings is 1. The lowest BCUT2D eigenvalue weighted by atomic mass is 9.84. The second-order valence-electron chi connectivity index (χ2n) is 4.48. The number of allylic oxidation sites excluding steroid dienone is 1. The van der Waals surface area contributed by atoms with E-state index in [2.05, 4.69) is 5.32 Å². The lowest BCUT2D eigenvalue weighted by molar-refractivity contribution is -0.136.